The molecule has 0 saturated heterocycles. The Kier molecular flexibility index (Phi) is 9.60. The number of carbonyl (C=O) groups is 1. The second-order valence-electron chi connectivity index (χ2n) is 7.38. The van der Waals surface area contributed by atoms with E-state index < -0.39 is 11.6 Å². The van der Waals surface area contributed by atoms with Crippen LogP contribution in [0.2, 0.25) is 0 Å². The Balaban J connectivity index is 0.000000606. The normalized spacial score (nSPS) is 10.1. The minimum Gasteiger partial charge on any atom is -0.341 e. The Hall–Kier alpha value is -3.48. The van der Waals surface area contributed by atoms with E-state index >= 15 is 0 Å². The molecule has 3 aromatic heterocycles. The largest absolute Gasteiger partial charge is 0.341 e. The van der Waals surface area contributed by atoms with Crippen LogP contribution in [0.3, 0.4) is 0 Å². The van der Waals surface area contributed by atoms with Gasteiger partial charge in [-0.15, -0.1) is 0 Å². The highest BCUT2D eigenvalue weighted by Gasteiger charge is 2.08. The molecule has 4 aromatic rings. The lowest BCUT2D eigenvalue weighted by Crippen LogP contribution is -1.95. The van der Waals surface area contributed by atoms with Crippen LogP contribution in [0.4, 0.5) is 8.78 Å². The van der Waals surface area contributed by atoms with Crippen LogP contribution in [0.5, 0.6) is 0 Å². The number of halogens is 2. The van der Waals surface area contributed by atoms with Crippen molar-refractivity contribution in [1.82, 2.24) is 19.9 Å². The molecule has 0 amide bonds. The molecule has 4 rings (SSSR count). The minimum atomic E-state index is -0.833. The monoisotopic (exact) mass is 440 g/mol. The molecule has 7 heteroatoms. The molecule has 32 heavy (non-hydrogen) atoms. The van der Waals surface area contributed by atoms with Crippen LogP contribution in [-0.4, -0.2) is 25.7 Å². The van der Waals surface area contributed by atoms with Crippen molar-refractivity contribution in [3.05, 3.63) is 78.0 Å². The maximum atomic E-state index is 13.3. The van der Waals surface area contributed by atoms with Crippen LogP contribution in [0.15, 0.2) is 55.0 Å². The number of hydrogen-bond acceptors (Lipinski definition) is 4. The van der Waals surface area contributed by atoms with Crippen LogP contribution in [-0.2, 0) is 17.6 Å². The molecule has 0 fully saturated rings. The maximum Gasteiger partial charge on any atom is 0.177 e. The van der Waals surface area contributed by atoms with E-state index in [1.807, 2.05) is 18.2 Å². The number of nitrogens with zero attached hydrogens (tertiary/aromatic N) is 3. The van der Waals surface area contributed by atoms with E-state index in [1.54, 1.807) is 24.7 Å². The zero-order valence-electron chi connectivity index (χ0n) is 18.8. The first-order valence-corrected chi connectivity index (χ1v) is 10.5. The highest BCUT2D eigenvalue weighted by atomic mass is 19.2. The number of fused-ring (bicyclic) bond motifs is 1. The van der Waals surface area contributed by atoms with Gasteiger partial charge in [-0.25, -0.2) is 18.7 Å². The van der Waals surface area contributed by atoms with E-state index in [9.17, 15) is 13.6 Å². The third-order valence-electron chi connectivity index (χ3n) is 4.03. The second kappa shape index (κ2) is 12.4. The summed E-state index contributed by atoms with van der Waals surface area (Å²) in [6.45, 7) is 7.31. The van der Waals surface area contributed by atoms with E-state index in [0.29, 0.717) is 18.5 Å². The quantitative estimate of drug-likeness (QED) is 0.402. The zero-order valence-corrected chi connectivity index (χ0v) is 18.8. The van der Waals surface area contributed by atoms with Gasteiger partial charge in [0.15, 0.2) is 17.3 Å². The number of Topliss-reactive ketones (excluding diaryl/α,β-unsaturated/α-hetero) is 1. The Bertz CT molecular complexity index is 1150. The van der Waals surface area contributed by atoms with Gasteiger partial charge in [-0.3, -0.25) is 4.98 Å². The van der Waals surface area contributed by atoms with E-state index in [1.165, 1.54) is 26.3 Å². The predicted octanol–water partition coefficient (Wildman–Crippen LogP) is 6.34. The predicted molar refractivity (Wildman–Crippen MR) is 125 cm³/mol. The maximum absolute atomic E-state index is 13.3. The number of benzene rings is 1. The summed E-state index contributed by atoms with van der Waals surface area (Å²) in [7, 11) is 0. The van der Waals surface area contributed by atoms with Gasteiger partial charge >= 0.3 is 0 Å². The smallest absolute Gasteiger partial charge is 0.177 e. The SMILES string of the molecule is CC(C)=O.CCC.Fc1ccc(CCc2nc3ncc(-c4ccncc4)cc3[nH]2)cc1F.[HH]. The first-order chi connectivity index (χ1) is 15.3. The lowest BCUT2D eigenvalue weighted by Gasteiger charge is -2.00. The minimum absolute atomic E-state index is 0. The summed E-state index contributed by atoms with van der Waals surface area (Å²) in [5.41, 5.74) is 4.21. The van der Waals surface area contributed by atoms with E-state index in [0.717, 1.165) is 34.1 Å². The summed E-state index contributed by atoms with van der Waals surface area (Å²) < 4.78 is 26.2. The fourth-order valence-corrected chi connectivity index (χ4v) is 2.73. The topological polar surface area (TPSA) is 71.5 Å². The van der Waals surface area contributed by atoms with E-state index in [4.69, 9.17) is 0 Å². The summed E-state index contributed by atoms with van der Waals surface area (Å²) in [5.74, 6) is -0.731. The average Bonchev–Trinajstić information content (AvgIpc) is 3.17. The van der Waals surface area contributed by atoms with E-state index in [-0.39, 0.29) is 7.21 Å². The van der Waals surface area contributed by atoms with Gasteiger partial charge in [-0.05, 0) is 61.7 Å². The number of nitrogens with one attached hydrogen (secondary N) is 1. The Labute approximate surface area is 188 Å². The number of imidazole rings is 1. The van der Waals surface area contributed by atoms with Crippen molar-refractivity contribution in [2.75, 3.05) is 0 Å². The summed E-state index contributed by atoms with van der Waals surface area (Å²) in [4.78, 5) is 25.5. The number of rotatable bonds is 4. The first kappa shape index (κ1) is 24.8. The van der Waals surface area contributed by atoms with Crippen molar-refractivity contribution in [2.45, 2.75) is 47.0 Å². The lowest BCUT2D eigenvalue weighted by atomic mass is 10.1. The van der Waals surface area contributed by atoms with Crippen LogP contribution in [0.1, 0.15) is 46.9 Å². The highest BCUT2D eigenvalue weighted by molar-refractivity contribution is 5.77. The molecule has 3 heterocycles. The molecule has 0 aliphatic heterocycles. The number of H-pyrrole nitrogens is 1. The molecular weight excluding hydrogens is 410 g/mol. The number of aryl methyl sites for hydroxylation is 2. The number of carbonyl (C=O) groups excluding carboxylic acids is 1. The van der Waals surface area contributed by atoms with Crippen LogP contribution in [0.25, 0.3) is 22.3 Å². The fraction of sp³-hybridized carbons (Fsp3) is 0.280. The lowest BCUT2D eigenvalue weighted by molar-refractivity contribution is -0.114. The third-order valence-corrected chi connectivity index (χ3v) is 4.03. The second-order valence-corrected chi connectivity index (χ2v) is 7.38. The molecule has 1 aromatic carbocycles. The fourth-order valence-electron chi connectivity index (χ4n) is 2.73. The summed E-state index contributed by atoms with van der Waals surface area (Å²) >= 11 is 0. The number of pyridine rings is 2. The molecule has 5 nitrogen and oxygen atoms in total. The molecule has 0 unspecified atom stereocenters. The highest BCUT2D eigenvalue weighted by Crippen LogP contribution is 2.21. The molecule has 0 aliphatic carbocycles. The molecule has 0 aliphatic rings. The van der Waals surface area contributed by atoms with Gasteiger partial charge < -0.3 is 9.78 Å². The molecule has 0 spiro atoms. The van der Waals surface area contributed by atoms with Gasteiger partial charge in [-0.2, -0.15) is 0 Å². The third kappa shape index (κ3) is 7.65. The van der Waals surface area contributed by atoms with Gasteiger partial charge in [-0.1, -0.05) is 26.3 Å². The van der Waals surface area contributed by atoms with Gasteiger partial charge in [0.05, 0.1) is 5.52 Å². The van der Waals surface area contributed by atoms with Crippen molar-refractivity contribution in [3.63, 3.8) is 0 Å². The van der Waals surface area contributed by atoms with Gasteiger partial charge in [0, 0.05) is 32.0 Å². The zero-order chi connectivity index (χ0) is 23.5. The summed E-state index contributed by atoms with van der Waals surface area (Å²) in [5, 5.41) is 0. The van der Waals surface area contributed by atoms with Gasteiger partial charge in [0.1, 0.15) is 11.6 Å². The van der Waals surface area contributed by atoms with Gasteiger partial charge in [0.2, 0.25) is 0 Å². The number of ketones is 1. The number of hydrogen-bond donors (Lipinski definition) is 1. The van der Waals surface area contributed by atoms with Crippen molar-refractivity contribution < 1.29 is 15.0 Å². The molecule has 1 N–H and O–H groups in total. The van der Waals surface area contributed by atoms with E-state index in [2.05, 4.69) is 33.8 Å². The number of aromatic nitrogens is 4. The average molecular weight is 441 g/mol. The molecule has 0 atom stereocenters. The van der Waals surface area contributed by atoms with Crippen molar-refractivity contribution in [2.24, 2.45) is 0 Å². The Morgan fingerprint density at radius 1 is 0.969 bits per heavy atom. The standard InChI is InChI=1S/C19H14F2N4.C3H6O.C3H8.H2/c20-15-3-1-12(9-16(15)21)2-4-18-24-17-10-14(11-23-19(17)25-18)13-5-7-22-8-6-13;1-3(2)4;1-3-2;/h1,3,5-11H,2,4H2,(H,23,24,25);1-2H3;3H2,1-2H3;1H. The van der Waals surface area contributed by atoms with Crippen molar-refractivity contribution >= 4 is 16.9 Å². The van der Waals surface area contributed by atoms with Crippen LogP contribution in [0, 0.1) is 11.6 Å². The Morgan fingerprint density at radius 3 is 2.25 bits per heavy atom. The molecule has 0 radical (unpaired) electrons. The van der Waals surface area contributed by atoms with Crippen molar-refractivity contribution in [3.8, 4) is 11.1 Å². The van der Waals surface area contributed by atoms with Crippen LogP contribution >= 0.6 is 0 Å². The summed E-state index contributed by atoms with van der Waals surface area (Å²) in [6.07, 6.45) is 7.65. The van der Waals surface area contributed by atoms with Crippen LogP contribution < -0.4 is 0 Å². The molecule has 0 saturated carbocycles. The number of aromatic amines is 1. The first-order valence-electron chi connectivity index (χ1n) is 10.5. The van der Waals surface area contributed by atoms with Crippen molar-refractivity contribution in [1.29, 1.82) is 0 Å². The molecule has 0 bridgehead atoms. The molecule has 170 valence electrons. The van der Waals surface area contributed by atoms with Gasteiger partial charge in [0.25, 0.3) is 0 Å². The summed E-state index contributed by atoms with van der Waals surface area (Å²) in [6, 6.07) is 9.78. The molecular formula is C25H30F2N4O. The Morgan fingerprint density at radius 2 is 1.62 bits per heavy atom.